The van der Waals surface area contributed by atoms with E-state index in [9.17, 15) is 5.26 Å². The van der Waals surface area contributed by atoms with Gasteiger partial charge in [-0.2, -0.15) is 5.26 Å². The Labute approximate surface area is 120 Å². The summed E-state index contributed by atoms with van der Waals surface area (Å²) in [6.07, 6.45) is 0. The van der Waals surface area contributed by atoms with Gasteiger partial charge in [-0.1, -0.05) is 6.07 Å². The van der Waals surface area contributed by atoms with Gasteiger partial charge in [-0.3, -0.25) is 0 Å². The van der Waals surface area contributed by atoms with Gasteiger partial charge in [0.25, 0.3) is 0 Å². The topological polar surface area (TPSA) is 71.9 Å². The van der Waals surface area contributed by atoms with Crippen LogP contribution in [0, 0.1) is 18.3 Å². The molecule has 1 heterocycles. The molecule has 0 bridgehead atoms. The van der Waals surface area contributed by atoms with Crippen LogP contribution in [0.3, 0.4) is 0 Å². The van der Waals surface area contributed by atoms with Gasteiger partial charge in [-0.15, -0.1) is 0 Å². The van der Waals surface area contributed by atoms with Gasteiger partial charge < -0.3 is 10.5 Å². The van der Waals surface area contributed by atoms with E-state index in [4.69, 9.17) is 10.5 Å². The molecule has 0 aliphatic heterocycles. The average molecular weight is 318 g/mol. The van der Waals surface area contributed by atoms with E-state index in [1.54, 1.807) is 7.11 Å². The normalized spacial score (nSPS) is 10.0. The second-order valence-electron chi connectivity index (χ2n) is 4.03. The van der Waals surface area contributed by atoms with Crippen molar-refractivity contribution >= 4 is 21.7 Å². The molecule has 0 fully saturated rings. The monoisotopic (exact) mass is 317 g/mol. The van der Waals surface area contributed by atoms with Crippen LogP contribution in [-0.2, 0) is 0 Å². The molecule has 1 aromatic heterocycles. The number of nitriles is 1. The van der Waals surface area contributed by atoms with Crippen LogP contribution in [0.1, 0.15) is 11.3 Å². The zero-order valence-electron chi connectivity index (χ0n) is 10.6. The molecule has 2 rings (SSSR count). The number of benzene rings is 1. The highest BCUT2D eigenvalue weighted by molar-refractivity contribution is 9.10. The number of nitrogen functional groups attached to an aromatic ring is 1. The molecule has 2 aromatic rings. The van der Waals surface area contributed by atoms with Gasteiger partial charge in [0.1, 0.15) is 23.2 Å². The van der Waals surface area contributed by atoms with Crippen molar-refractivity contribution in [3.05, 3.63) is 40.0 Å². The lowest BCUT2D eigenvalue weighted by atomic mass is 10.0. The number of ether oxygens (including phenoxy) is 1. The molecule has 0 aliphatic rings. The van der Waals surface area contributed by atoms with Gasteiger partial charge in [0, 0.05) is 11.3 Å². The minimum atomic E-state index is 0.254. The van der Waals surface area contributed by atoms with Gasteiger partial charge in [0.15, 0.2) is 0 Å². The number of nitrogens with two attached hydrogens (primary N) is 1. The predicted molar refractivity (Wildman–Crippen MR) is 77.8 cm³/mol. The number of anilines is 1. The highest BCUT2D eigenvalue weighted by Crippen LogP contribution is 2.33. The summed E-state index contributed by atoms with van der Waals surface area (Å²) in [5.74, 6) is 0.991. The van der Waals surface area contributed by atoms with Crippen LogP contribution in [0.5, 0.6) is 5.75 Å². The first-order chi connectivity index (χ1) is 9.06. The lowest BCUT2D eigenvalue weighted by Crippen LogP contribution is -1.99. The fourth-order valence-electron chi connectivity index (χ4n) is 1.88. The summed E-state index contributed by atoms with van der Waals surface area (Å²) in [5, 5.41) is 9.22. The number of methoxy groups -OCH3 is 1. The van der Waals surface area contributed by atoms with Gasteiger partial charge in [-0.05, 0) is 46.6 Å². The van der Waals surface area contributed by atoms with E-state index in [0.717, 1.165) is 27.0 Å². The summed E-state index contributed by atoms with van der Waals surface area (Å²) in [6, 6.07) is 9.58. The van der Waals surface area contributed by atoms with Crippen LogP contribution in [0.2, 0.25) is 0 Å². The largest absolute Gasteiger partial charge is 0.496 e. The van der Waals surface area contributed by atoms with Crippen molar-refractivity contribution in [3.8, 4) is 22.9 Å². The minimum absolute atomic E-state index is 0.254. The lowest BCUT2D eigenvalue weighted by Gasteiger charge is -2.10. The summed E-state index contributed by atoms with van der Waals surface area (Å²) in [5.41, 5.74) is 8.63. The zero-order valence-corrected chi connectivity index (χ0v) is 12.2. The third-order valence-electron chi connectivity index (χ3n) is 2.75. The van der Waals surface area contributed by atoms with E-state index in [1.165, 1.54) is 0 Å². The fraction of sp³-hybridized carbons (Fsp3) is 0.143. The molecule has 0 aliphatic carbocycles. The Balaban J connectivity index is 2.65. The Morgan fingerprint density at radius 1 is 1.37 bits per heavy atom. The molecule has 4 nitrogen and oxygen atoms in total. The van der Waals surface area contributed by atoms with Crippen molar-refractivity contribution in [1.29, 1.82) is 5.26 Å². The van der Waals surface area contributed by atoms with Crippen LogP contribution in [0.4, 0.5) is 5.82 Å². The summed E-state index contributed by atoms with van der Waals surface area (Å²) in [6.45, 7) is 1.85. The van der Waals surface area contributed by atoms with E-state index in [2.05, 4.69) is 27.0 Å². The smallest absolute Gasteiger partial charge is 0.142 e. The number of pyridine rings is 1. The molecule has 0 unspecified atom stereocenters. The van der Waals surface area contributed by atoms with Crippen LogP contribution < -0.4 is 10.5 Å². The van der Waals surface area contributed by atoms with Gasteiger partial charge >= 0.3 is 0 Å². The summed E-state index contributed by atoms with van der Waals surface area (Å²) in [4.78, 5) is 4.11. The molecular formula is C14H12BrN3O. The van der Waals surface area contributed by atoms with E-state index in [1.807, 2.05) is 31.2 Å². The summed E-state index contributed by atoms with van der Waals surface area (Å²) in [7, 11) is 1.61. The van der Waals surface area contributed by atoms with Crippen LogP contribution >= 0.6 is 15.9 Å². The lowest BCUT2D eigenvalue weighted by molar-refractivity contribution is 0.412. The molecule has 5 heteroatoms. The zero-order chi connectivity index (χ0) is 14.0. The molecule has 0 saturated heterocycles. The number of halogens is 1. The SMILES string of the molecule is COc1ccc(-c2cc(C)nc(N)c2C#N)cc1Br. The second-order valence-corrected chi connectivity index (χ2v) is 4.89. The van der Waals surface area contributed by atoms with Crippen LogP contribution in [0.25, 0.3) is 11.1 Å². The number of hydrogen-bond donors (Lipinski definition) is 1. The number of aromatic nitrogens is 1. The predicted octanol–water partition coefficient (Wildman–Crippen LogP) is 3.28. The van der Waals surface area contributed by atoms with Crippen molar-refractivity contribution in [2.24, 2.45) is 0 Å². The molecule has 0 spiro atoms. The van der Waals surface area contributed by atoms with Crippen LogP contribution in [-0.4, -0.2) is 12.1 Å². The van der Waals surface area contributed by atoms with Gasteiger partial charge in [0.2, 0.25) is 0 Å². The van der Waals surface area contributed by atoms with Crippen LogP contribution in [0.15, 0.2) is 28.7 Å². The Morgan fingerprint density at radius 3 is 2.68 bits per heavy atom. The Kier molecular flexibility index (Phi) is 3.72. The summed E-state index contributed by atoms with van der Waals surface area (Å²) >= 11 is 3.43. The van der Waals surface area contributed by atoms with Gasteiger partial charge in [-0.25, -0.2) is 4.98 Å². The maximum atomic E-state index is 9.22. The highest BCUT2D eigenvalue weighted by atomic mass is 79.9. The molecule has 0 atom stereocenters. The molecule has 0 saturated carbocycles. The molecule has 2 N–H and O–H groups in total. The third kappa shape index (κ3) is 2.54. The standard InChI is InChI=1S/C14H12BrN3O/c1-8-5-10(11(7-16)14(17)18-8)9-3-4-13(19-2)12(15)6-9/h3-6H,1-2H3,(H2,17,18). The molecule has 19 heavy (non-hydrogen) atoms. The first-order valence-electron chi connectivity index (χ1n) is 5.58. The third-order valence-corrected chi connectivity index (χ3v) is 3.37. The molecule has 1 aromatic carbocycles. The highest BCUT2D eigenvalue weighted by Gasteiger charge is 2.12. The average Bonchev–Trinajstić information content (AvgIpc) is 2.37. The van der Waals surface area contributed by atoms with E-state index in [0.29, 0.717) is 5.56 Å². The van der Waals surface area contributed by atoms with E-state index < -0.39 is 0 Å². The maximum Gasteiger partial charge on any atom is 0.142 e. The van der Waals surface area contributed by atoms with E-state index >= 15 is 0 Å². The maximum absolute atomic E-state index is 9.22. The minimum Gasteiger partial charge on any atom is -0.496 e. The van der Waals surface area contributed by atoms with E-state index in [-0.39, 0.29) is 5.82 Å². The van der Waals surface area contributed by atoms with Crippen molar-refractivity contribution in [2.75, 3.05) is 12.8 Å². The first kappa shape index (κ1) is 13.4. The first-order valence-corrected chi connectivity index (χ1v) is 6.37. The number of nitrogens with zero attached hydrogens (tertiary/aromatic N) is 2. The second kappa shape index (κ2) is 5.29. The van der Waals surface area contributed by atoms with Gasteiger partial charge in [0.05, 0.1) is 11.6 Å². The fourth-order valence-corrected chi connectivity index (χ4v) is 2.42. The number of rotatable bonds is 2. The quantitative estimate of drug-likeness (QED) is 0.922. The summed E-state index contributed by atoms with van der Waals surface area (Å²) < 4.78 is 6.01. The van der Waals surface area contributed by atoms with Crippen molar-refractivity contribution in [2.45, 2.75) is 6.92 Å². The Bertz CT molecular complexity index is 677. The Morgan fingerprint density at radius 2 is 2.11 bits per heavy atom. The number of hydrogen-bond acceptors (Lipinski definition) is 4. The Hall–Kier alpha value is -2.06. The molecular weight excluding hydrogens is 306 g/mol. The molecule has 0 radical (unpaired) electrons. The molecule has 96 valence electrons. The van der Waals surface area contributed by atoms with Crippen molar-refractivity contribution in [3.63, 3.8) is 0 Å². The number of aryl methyl sites for hydroxylation is 1. The van der Waals surface area contributed by atoms with Crippen molar-refractivity contribution < 1.29 is 4.74 Å². The molecule has 0 amide bonds. The van der Waals surface area contributed by atoms with Crippen molar-refractivity contribution in [1.82, 2.24) is 4.98 Å².